The Hall–Kier alpha value is -2.63. The first-order chi connectivity index (χ1) is 10.5. The average molecular weight is 299 g/mol. The van der Waals surface area contributed by atoms with Crippen molar-refractivity contribution in [3.63, 3.8) is 0 Å². The standard InChI is InChI=1S/C16H17N3O3/c1-4-14-13(10(2)22-17-14)9-19-16(21)12-8-6-5-7-11(12)15(20)18(19)3/h5-8H,4,9H2,1-3H3. The van der Waals surface area contributed by atoms with Gasteiger partial charge in [-0.05, 0) is 25.5 Å². The molecule has 114 valence electrons. The van der Waals surface area contributed by atoms with Gasteiger partial charge in [-0.15, -0.1) is 0 Å². The van der Waals surface area contributed by atoms with Crippen LogP contribution < -0.4 is 11.1 Å². The monoisotopic (exact) mass is 299 g/mol. The smallest absolute Gasteiger partial charge is 0.273 e. The summed E-state index contributed by atoms with van der Waals surface area (Å²) in [4.78, 5) is 25.1. The molecule has 1 aromatic carbocycles. The van der Waals surface area contributed by atoms with Crippen LogP contribution in [0.2, 0.25) is 0 Å². The van der Waals surface area contributed by atoms with E-state index < -0.39 is 0 Å². The van der Waals surface area contributed by atoms with Crippen LogP contribution in [0, 0.1) is 6.92 Å². The number of fused-ring (bicyclic) bond motifs is 1. The molecule has 0 aliphatic heterocycles. The van der Waals surface area contributed by atoms with Gasteiger partial charge in [-0.1, -0.05) is 24.2 Å². The first-order valence-electron chi connectivity index (χ1n) is 7.17. The van der Waals surface area contributed by atoms with Gasteiger partial charge in [0.1, 0.15) is 5.76 Å². The van der Waals surface area contributed by atoms with Crippen LogP contribution in [0.1, 0.15) is 23.9 Å². The van der Waals surface area contributed by atoms with Crippen molar-refractivity contribution in [2.75, 3.05) is 0 Å². The fourth-order valence-electron chi connectivity index (χ4n) is 2.66. The maximum Gasteiger partial charge on any atom is 0.273 e. The second kappa shape index (κ2) is 5.29. The molecule has 2 heterocycles. The minimum atomic E-state index is -0.194. The molecule has 0 spiro atoms. The van der Waals surface area contributed by atoms with E-state index in [1.165, 1.54) is 9.36 Å². The molecular formula is C16H17N3O3. The van der Waals surface area contributed by atoms with Crippen LogP contribution in [-0.4, -0.2) is 14.5 Å². The van der Waals surface area contributed by atoms with Crippen LogP contribution in [0.4, 0.5) is 0 Å². The lowest BCUT2D eigenvalue weighted by Crippen LogP contribution is -2.37. The van der Waals surface area contributed by atoms with Gasteiger partial charge in [0.25, 0.3) is 11.1 Å². The van der Waals surface area contributed by atoms with Gasteiger partial charge in [0, 0.05) is 12.6 Å². The van der Waals surface area contributed by atoms with Crippen molar-refractivity contribution in [1.82, 2.24) is 14.5 Å². The summed E-state index contributed by atoms with van der Waals surface area (Å²) >= 11 is 0. The van der Waals surface area contributed by atoms with E-state index in [0.29, 0.717) is 23.0 Å². The minimum absolute atomic E-state index is 0.192. The lowest BCUT2D eigenvalue weighted by molar-refractivity contribution is 0.389. The number of benzene rings is 1. The van der Waals surface area contributed by atoms with E-state index >= 15 is 0 Å². The topological polar surface area (TPSA) is 70.0 Å². The van der Waals surface area contributed by atoms with E-state index in [-0.39, 0.29) is 17.7 Å². The summed E-state index contributed by atoms with van der Waals surface area (Å²) < 4.78 is 8.00. The molecule has 3 rings (SSSR count). The molecule has 0 fully saturated rings. The normalized spacial score (nSPS) is 11.2. The van der Waals surface area contributed by atoms with E-state index in [1.54, 1.807) is 31.3 Å². The van der Waals surface area contributed by atoms with E-state index in [2.05, 4.69) is 5.16 Å². The number of aromatic nitrogens is 3. The van der Waals surface area contributed by atoms with Crippen molar-refractivity contribution >= 4 is 10.8 Å². The Kier molecular flexibility index (Phi) is 3.44. The van der Waals surface area contributed by atoms with Gasteiger partial charge in [0.05, 0.1) is 23.0 Å². The molecule has 0 aliphatic rings. The lowest BCUT2D eigenvalue weighted by atomic mass is 10.1. The van der Waals surface area contributed by atoms with Crippen LogP contribution >= 0.6 is 0 Å². The Bertz CT molecular complexity index is 963. The zero-order valence-corrected chi connectivity index (χ0v) is 12.8. The van der Waals surface area contributed by atoms with Crippen LogP contribution in [0.5, 0.6) is 0 Å². The largest absolute Gasteiger partial charge is 0.361 e. The summed E-state index contributed by atoms with van der Waals surface area (Å²) in [7, 11) is 1.60. The Morgan fingerprint density at radius 1 is 1.14 bits per heavy atom. The van der Waals surface area contributed by atoms with Gasteiger partial charge in [-0.25, -0.2) is 9.36 Å². The van der Waals surface area contributed by atoms with Gasteiger partial charge in [0.15, 0.2) is 0 Å². The molecule has 6 heteroatoms. The van der Waals surface area contributed by atoms with Crippen molar-refractivity contribution in [2.24, 2.45) is 7.05 Å². The first kappa shape index (κ1) is 14.3. The summed E-state index contributed by atoms with van der Waals surface area (Å²) in [6, 6.07) is 6.87. The average Bonchev–Trinajstić information content (AvgIpc) is 2.89. The number of nitrogens with zero attached hydrogens (tertiary/aromatic N) is 3. The zero-order chi connectivity index (χ0) is 15.9. The fraction of sp³-hybridized carbons (Fsp3) is 0.312. The third-order valence-corrected chi connectivity index (χ3v) is 3.99. The summed E-state index contributed by atoms with van der Waals surface area (Å²) in [5, 5.41) is 4.86. The molecule has 0 saturated heterocycles. The van der Waals surface area contributed by atoms with Crippen LogP contribution in [-0.2, 0) is 20.0 Å². The van der Waals surface area contributed by atoms with Gasteiger partial charge in [-0.2, -0.15) is 0 Å². The number of hydrogen-bond donors (Lipinski definition) is 0. The van der Waals surface area contributed by atoms with Crippen LogP contribution in [0.25, 0.3) is 10.8 Å². The summed E-state index contributed by atoms with van der Waals surface area (Å²) in [6.07, 6.45) is 0.711. The molecule has 0 atom stereocenters. The number of aryl methyl sites for hydroxylation is 2. The number of hydrogen-bond acceptors (Lipinski definition) is 4. The highest BCUT2D eigenvalue weighted by Crippen LogP contribution is 2.15. The second-order valence-electron chi connectivity index (χ2n) is 5.25. The zero-order valence-electron chi connectivity index (χ0n) is 12.8. The quantitative estimate of drug-likeness (QED) is 0.736. The highest BCUT2D eigenvalue weighted by atomic mass is 16.5. The van der Waals surface area contributed by atoms with Crippen molar-refractivity contribution < 1.29 is 4.52 Å². The molecule has 6 nitrogen and oxygen atoms in total. The predicted octanol–water partition coefficient (Wildman–Crippen LogP) is 1.61. The molecule has 0 amide bonds. The van der Waals surface area contributed by atoms with Crippen molar-refractivity contribution in [3.05, 3.63) is 62.0 Å². The Morgan fingerprint density at radius 3 is 2.41 bits per heavy atom. The van der Waals surface area contributed by atoms with Gasteiger partial charge >= 0.3 is 0 Å². The molecule has 0 saturated carbocycles. The van der Waals surface area contributed by atoms with Gasteiger partial charge < -0.3 is 4.52 Å². The van der Waals surface area contributed by atoms with E-state index in [9.17, 15) is 9.59 Å². The Labute approximate surface area is 126 Å². The van der Waals surface area contributed by atoms with E-state index in [4.69, 9.17) is 4.52 Å². The van der Waals surface area contributed by atoms with Crippen LogP contribution in [0.15, 0.2) is 38.4 Å². The fourth-order valence-corrected chi connectivity index (χ4v) is 2.66. The summed E-state index contributed by atoms with van der Waals surface area (Å²) in [5.74, 6) is 0.671. The lowest BCUT2D eigenvalue weighted by Gasteiger charge is -2.13. The molecule has 0 radical (unpaired) electrons. The third-order valence-electron chi connectivity index (χ3n) is 3.99. The highest BCUT2D eigenvalue weighted by Gasteiger charge is 2.16. The van der Waals surface area contributed by atoms with E-state index in [0.717, 1.165) is 11.3 Å². The van der Waals surface area contributed by atoms with Crippen molar-refractivity contribution in [1.29, 1.82) is 0 Å². The molecule has 0 bridgehead atoms. The molecule has 0 aliphatic carbocycles. The third kappa shape index (κ3) is 2.07. The Balaban J connectivity index is 2.26. The Morgan fingerprint density at radius 2 is 1.77 bits per heavy atom. The molecule has 0 unspecified atom stereocenters. The second-order valence-corrected chi connectivity index (χ2v) is 5.25. The van der Waals surface area contributed by atoms with E-state index in [1.807, 2.05) is 13.8 Å². The summed E-state index contributed by atoms with van der Waals surface area (Å²) in [5.41, 5.74) is 1.28. The number of rotatable bonds is 3. The molecule has 2 aromatic heterocycles. The molecular weight excluding hydrogens is 282 g/mol. The summed E-state index contributed by atoms with van der Waals surface area (Å²) in [6.45, 7) is 4.06. The van der Waals surface area contributed by atoms with Gasteiger partial charge in [0.2, 0.25) is 0 Å². The minimum Gasteiger partial charge on any atom is -0.361 e. The van der Waals surface area contributed by atoms with Gasteiger partial charge in [-0.3, -0.25) is 9.59 Å². The first-order valence-corrected chi connectivity index (χ1v) is 7.17. The molecule has 22 heavy (non-hydrogen) atoms. The SMILES string of the molecule is CCc1noc(C)c1Cn1c(=O)c2ccccc2c(=O)n1C. The highest BCUT2D eigenvalue weighted by molar-refractivity contribution is 5.80. The van der Waals surface area contributed by atoms with Crippen molar-refractivity contribution in [2.45, 2.75) is 26.8 Å². The van der Waals surface area contributed by atoms with Crippen LogP contribution in [0.3, 0.4) is 0 Å². The molecule has 3 aromatic rings. The van der Waals surface area contributed by atoms with Crippen molar-refractivity contribution in [3.8, 4) is 0 Å². The maximum absolute atomic E-state index is 12.7. The maximum atomic E-state index is 12.7. The predicted molar refractivity (Wildman–Crippen MR) is 83.2 cm³/mol. The molecule has 0 N–H and O–H groups in total.